The van der Waals surface area contributed by atoms with Crippen LogP contribution in [0.3, 0.4) is 0 Å². The number of halogens is 1. The Morgan fingerprint density at radius 1 is 1.00 bits per heavy atom. The second-order valence-corrected chi connectivity index (χ2v) is 7.40. The lowest BCUT2D eigenvalue weighted by atomic mass is 10.1. The molecule has 2 aromatic carbocycles. The third-order valence-electron chi connectivity index (χ3n) is 4.82. The predicted molar refractivity (Wildman–Crippen MR) is 109 cm³/mol. The number of ether oxygens (including phenoxy) is 2. The quantitative estimate of drug-likeness (QED) is 0.719. The first kappa shape index (κ1) is 19.7. The molecule has 0 unspecified atom stereocenters. The number of amides is 1. The molecule has 0 aliphatic carbocycles. The first-order chi connectivity index (χ1) is 13.1. The molecule has 1 fully saturated rings. The maximum atomic E-state index is 13.0. The Hall–Kier alpha value is -2.05. The van der Waals surface area contributed by atoms with Crippen molar-refractivity contribution in [2.75, 3.05) is 40.4 Å². The number of hydrogen-bond donors (Lipinski definition) is 0. The molecule has 1 aliphatic heterocycles. The summed E-state index contributed by atoms with van der Waals surface area (Å²) in [4.78, 5) is 17.4. The van der Waals surface area contributed by atoms with Crippen molar-refractivity contribution in [1.29, 1.82) is 0 Å². The van der Waals surface area contributed by atoms with Crippen molar-refractivity contribution in [3.8, 4) is 11.5 Å². The smallest absolute Gasteiger partial charge is 0.254 e. The molecular formula is C21H25BrN2O3. The highest BCUT2D eigenvalue weighted by molar-refractivity contribution is 9.10. The molecule has 0 spiro atoms. The maximum Gasteiger partial charge on any atom is 0.254 e. The van der Waals surface area contributed by atoms with Gasteiger partial charge in [-0.3, -0.25) is 9.69 Å². The number of benzene rings is 2. The van der Waals surface area contributed by atoms with Crippen molar-refractivity contribution in [3.63, 3.8) is 0 Å². The molecule has 3 rings (SSSR count). The zero-order chi connectivity index (χ0) is 19.2. The van der Waals surface area contributed by atoms with Crippen LogP contribution in [0.15, 0.2) is 46.9 Å². The minimum absolute atomic E-state index is 0.0145. The van der Waals surface area contributed by atoms with Gasteiger partial charge in [0.05, 0.1) is 14.2 Å². The molecule has 2 aromatic rings. The van der Waals surface area contributed by atoms with Crippen LogP contribution >= 0.6 is 15.9 Å². The van der Waals surface area contributed by atoms with E-state index in [4.69, 9.17) is 9.47 Å². The van der Waals surface area contributed by atoms with E-state index in [1.165, 1.54) is 5.56 Å². The Labute approximate surface area is 169 Å². The lowest BCUT2D eigenvalue weighted by Crippen LogP contribution is -2.35. The van der Waals surface area contributed by atoms with Crippen molar-refractivity contribution >= 4 is 21.8 Å². The van der Waals surface area contributed by atoms with Crippen molar-refractivity contribution in [3.05, 3.63) is 58.1 Å². The number of carbonyl (C=O) groups is 1. The van der Waals surface area contributed by atoms with Crippen LogP contribution in [0.1, 0.15) is 22.3 Å². The van der Waals surface area contributed by atoms with Gasteiger partial charge in [-0.15, -0.1) is 0 Å². The molecule has 1 aliphatic rings. The lowest BCUT2D eigenvalue weighted by molar-refractivity contribution is 0.0760. The minimum atomic E-state index is 0.0145. The van der Waals surface area contributed by atoms with E-state index in [2.05, 4.69) is 45.1 Å². The highest BCUT2D eigenvalue weighted by atomic mass is 79.9. The van der Waals surface area contributed by atoms with E-state index in [0.29, 0.717) is 28.1 Å². The third kappa shape index (κ3) is 4.82. The van der Waals surface area contributed by atoms with Crippen molar-refractivity contribution in [1.82, 2.24) is 9.80 Å². The summed E-state index contributed by atoms with van der Waals surface area (Å²) in [6, 6.07) is 14.0. The van der Waals surface area contributed by atoms with Crippen LogP contribution in [0.25, 0.3) is 0 Å². The number of methoxy groups -OCH3 is 2. The first-order valence-electron chi connectivity index (χ1n) is 9.09. The van der Waals surface area contributed by atoms with Crippen molar-refractivity contribution in [2.24, 2.45) is 0 Å². The zero-order valence-corrected chi connectivity index (χ0v) is 17.4. The van der Waals surface area contributed by atoms with Crippen molar-refractivity contribution < 1.29 is 14.3 Å². The zero-order valence-electron chi connectivity index (χ0n) is 15.8. The Kier molecular flexibility index (Phi) is 6.74. The van der Waals surface area contributed by atoms with Crippen LogP contribution in [0.5, 0.6) is 11.5 Å². The molecule has 1 amide bonds. The Morgan fingerprint density at radius 3 is 2.30 bits per heavy atom. The second kappa shape index (κ2) is 9.24. The van der Waals surface area contributed by atoms with Crippen molar-refractivity contribution in [2.45, 2.75) is 13.0 Å². The van der Waals surface area contributed by atoms with E-state index in [0.717, 1.165) is 32.6 Å². The molecular weight excluding hydrogens is 408 g/mol. The van der Waals surface area contributed by atoms with Gasteiger partial charge in [0.1, 0.15) is 16.0 Å². The maximum absolute atomic E-state index is 13.0. The van der Waals surface area contributed by atoms with Gasteiger partial charge in [-0.25, -0.2) is 0 Å². The molecule has 0 radical (unpaired) electrons. The van der Waals surface area contributed by atoms with Gasteiger partial charge >= 0.3 is 0 Å². The van der Waals surface area contributed by atoms with Gasteiger partial charge in [0.25, 0.3) is 5.91 Å². The summed E-state index contributed by atoms with van der Waals surface area (Å²) in [5.74, 6) is 1.21. The van der Waals surface area contributed by atoms with E-state index in [-0.39, 0.29) is 5.91 Å². The topological polar surface area (TPSA) is 42.0 Å². The number of nitrogens with zero attached hydrogens (tertiary/aromatic N) is 2. The van der Waals surface area contributed by atoms with Crippen LogP contribution < -0.4 is 9.47 Å². The summed E-state index contributed by atoms with van der Waals surface area (Å²) in [7, 11) is 3.17. The molecule has 27 heavy (non-hydrogen) atoms. The van der Waals surface area contributed by atoms with Crippen LogP contribution in [-0.4, -0.2) is 56.1 Å². The molecule has 0 aromatic heterocycles. The van der Waals surface area contributed by atoms with Crippen LogP contribution in [0, 0.1) is 0 Å². The molecule has 144 valence electrons. The van der Waals surface area contributed by atoms with E-state index in [1.807, 2.05) is 11.0 Å². The van der Waals surface area contributed by atoms with E-state index >= 15 is 0 Å². The number of carbonyl (C=O) groups excluding carboxylic acids is 1. The van der Waals surface area contributed by atoms with E-state index in [1.54, 1.807) is 26.4 Å². The summed E-state index contributed by atoms with van der Waals surface area (Å²) < 4.78 is 11.5. The molecule has 5 nitrogen and oxygen atoms in total. The predicted octanol–water partition coefficient (Wildman–Crippen LogP) is 3.81. The molecule has 1 heterocycles. The summed E-state index contributed by atoms with van der Waals surface area (Å²) in [5, 5.41) is 0. The van der Waals surface area contributed by atoms with Gasteiger partial charge in [0, 0.05) is 38.3 Å². The summed E-state index contributed by atoms with van der Waals surface area (Å²) in [6.45, 7) is 4.25. The largest absolute Gasteiger partial charge is 0.495 e. The summed E-state index contributed by atoms with van der Waals surface area (Å²) in [5.41, 5.74) is 1.89. The molecule has 1 saturated heterocycles. The lowest BCUT2D eigenvalue weighted by Gasteiger charge is -2.22. The monoisotopic (exact) mass is 432 g/mol. The molecule has 0 saturated carbocycles. The molecule has 6 heteroatoms. The van der Waals surface area contributed by atoms with Gasteiger partial charge in [-0.1, -0.05) is 30.3 Å². The summed E-state index contributed by atoms with van der Waals surface area (Å²) in [6.07, 6.45) is 0.962. The van der Waals surface area contributed by atoms with Gasteiger partial charge in [-0.2, -0.15) is 0 Å². The average molecular weight is 433 g/mol. The highest BCUT2D eigenvalue weighted by Gasteiger charge is 2.22. The Balaban J connectivity index is 1.69. The fourth-order valence-corrected chi connectivity index (χ4v) is 3.90. The standard InChI is InChI=1S/C21H25BrN2O3/c1-26-18-13-17(14-19(27-2)20(18)22)21(25)24-10-6-9-23(11-12-24)15-16-7-4-3-5-8-16/h3-5,7-8,13-14H,6,9-12,15H2,1-2H3. The fourth-order valence-electron chi connectivity index (χ4n) is 3.35. The Morgan fingerprint density at radius 2 is 1.67 bits per heavy atom. The van der Waals surface area contributed by atoms with E-state index in [9.17, 15) is 4.79 Å². The average Bonchev–Trinajstić information content (AvgIpc) is 2.94. The van der Waals surface area contributed by atoms with E-state index < -0.39 is 0 Å². The first-order valence-corrected chi connectivity index (χ1v) is 9.88. The van der Waals surface area contributed by atoms with Gasteiger partial charge < -0.3 is 14.4 Å². The molecule has 0 atom stereocenters. The molecule has 0 N–H and O–H groups in total. The van der Waals surface area contributed by atoms with Crippen LogP contribution in [0.2, 0.25) is 0 Å². The number of rotatable bonds is 5. The van der Waals surface area contributed by atoms with Gasteiger partial charge in [0.2, 0.25) is 0 Å². The van der Waals surface area contributed by atoms with Crippen LogP contribution in [-0.2, 0) is 6.54 Å². The number of hydrogen-bond acceptors (Lipinski definition) is 4. The SMILES string of the molecule is COc1cc(C(=O)N2CCCN(Cc3ccccc3)CC2)cc(OC)c1Br. The minimum Gasteiger partial charge on any atom is -0.495 e. The third-order valence-corrected chi connectivity index (χ3v) is 5.60. The van der Waals surface area contributed by atoms with Gasteiger partial charge in [0.15, 0.2) is 0 Å². The normalized spacial score (nSPS) is 15.3. The fraction of sp³-hybridized carbons (Fsp3) is 0.381. The second-order valence-electron chi connectivity index (χ2n) is 6.60. The molecule has 0 bridgehead atoms. The van der Waals surface area contributed by atoms with Gasteiger partial charge in [-0.05, 0) is 40.0 Å². The highest BCUT2D eigenvalue weighted by Crippen LogP contribution is 2.36. The summed E-state index contributed by atoms with van der Waals surface area (Å²) >= 11 is 3.45. The Bertz CT molecular complexity index is 757. The van der Waals surface area contributed by atoms with Crippen LogP contribution in [0.4, 0.5) is 0 Å².